The number of rotatable bonds is 4. The van der Waals surface area contributed by atoms with Gasteiger partial charge in [0, 0.05) is 41.3 Å². The third-order valence-electron chi connectivity index (χ3n) is 4.08. The molecule has 0 atom stereocenters. The number of nitrogens with zero attached hydrogens (tertiary/aromatic N) is 3. The summed E-state index contributed by atoms with van der Waals surface area (Å²) in [5.74, 6) is 1.98. The van der Waals surface area contributed by atoms with Crippen molar-refractivity contribution >= 4 is 0 Å². The van der Waals surface area contributed by atoms with Gasteiger partial charge >= 0.3 is 0 Å². The van der Waals surface area contributed by atoms with E-state index in [1.807, 2.05) is 68.6 Å². The van der Waals surface area contributed by atoms with Crippen LogP contribution in [0, 0.1) is 13.8 Å². The molecule has 3 aromatic heterocycles. The molecule has 5 nitrogen and oxygen atoms in total. The van der Waals surface area contributed by atoms with E-state index in [2.05, 4.69) is 15.1 Å². The van der Waals surface area contributed by atoms with Crippen molar-refractivity contribution in [1.82, 2.24) is 15.1 Å². The van der Waals surface area contributed by atoms with Crippen molar-refractivity contribution in [3.8, 4) is 34.1 Å². The van der Waals surface area contributed by atoms with E-state index in [1.165, 1.54) is 0 Å². The topological polar surface area (TPSA) is 61.0 Å². The van der Waals surface area contributed by atoms with E-state index in [9.17, 15) is 0 Å². The van der Waals surface area contributed by atoms with Gasteiger partial charge in [-0.25, -0.2) is 4.98 Å². The summed E-state index contributed by atoms with van der Waals surface area (Å²) in [4.78, 5) is 8.61. The molecule has 26 heavy (non-hydrogen) atoms. The minimum absolute atomic E-state index is 0.548. The Morgan fingerprint density at radius 2 is 1.77 bits per heavy atom. The normalized spacial score (nSPS) is 10.7. The first kappa shape index (κ1) is 16.0. The smallest absolute Gasteiger partial charge is 0.227 e. The number of hydrogen-bond acceptors (Lipinski definition) is 5. The van der Waals surface area contributed by atoms with Gasteiger partial charge in [0.05, 0.1) is 5.69 Å². The Morgan fingerprint density at radius 1 is 0.923 bits per heavy atom. The second-order valence-corrected chi connectivity index (χ2v) is 6.01. The minimum atomic E-state index is 0.548. The highest BCUT2D eigenvalue weighted by Gasteiger charge is 2.11. The fourth-order valence-electron chi connectivity index (χ4n) is 2.72. The van der Waals surface area contributed by atoms with Gasteiger partial charge < -0.3 is 9.26 Å². The van der Waals surface area contributed by atoms with Gasteiger partial charge in [-0.05, 0) is 61.9 Å². The monoisotopic (exact) mass is 343 g/mol. The number of benzene rings is 1. The van der Waals surface area contributed by atoms with Crippen LogP contribution in [0.2, 0.25) is 0 Å². The van der Waals surface area contributed by atoms with E-state index < -0.39 is 0 Å². The van der Waals surface area contributed by atoms with Crippen LogP contribution in [0.25, 0.3) is 22.5 Å². The third-order valence-corrected chi connectivity index (χ3v) is 4.08. The van der Waals surface area contributed by atoms with Gasteiger partial charge in [0.1, 0.15) is 5.75 Å². The van der Waals surface area contributed by atoms with E-state index in [4.69, 9.17) is 9.26 Å². The summed E-state index contributed by atoms with van der Waals surface area (Å²) in [7, 11) is 0. The highest BCUT2D eigenvalue weighted by Crippen LogP contribution is 2.33. The highest BCUT2D eigenvalue weighted by molar-refractivity contribution is 5.71. The lowest BCUT2D eigenvalue weighted by Crippen LogP contribution is -1.93. The van der Waals surface area contributed by atoms with Gasteiger partial charge in [-0.1, -0.05) is 5.16 Å². The molecule has 3 heterocycles. The average molecular weight is 343 g/mol. The lowest BCUT2D eigenvalue weighted by molar-refractivity contribution is 0.427. The lowest BCUT2D eigenvalue weighted by Gasteiger charge is -2.11. The number of ether oxygens (including phenoxy) is 1. The first-order valence-electron chi connectivity index (χ1n) is 8.28. The van der Waals surface area contributed by atoms with Crippen LogP contribution >= 0.6 is 0 Å². The number of aryl methyl sites for hydroxylation is 2. The second-order valence-electron chi connectivity index (χ2n) is 6.01. The van der Waals surface area contributed by atoms with E-state index >= 15 is 0 Å². The summed E-state index contributed by atoms with van der Waals surface area (Å²) in [5, 5.41) is 3.91. The maximum atomic E-state index is 6.03. The molecule has 0 aliphatic carbocycles. The van der Waals surface area contributed by atoms with Gasteiger partial charge in [0.2, 0.25) is 5.88 Å². The Kier molecular flexibility index (Phi) is 4.19. The fourth-order valence-corrected chi connectivity index (χ4v) is 2.72. The largest absolute Gasteiger partial charge is 0.438 e. The quantitative estimate of drug-likeness (QED) is 0.509. The number of pyridine rings is 2. The van der Waals surface area contributed by atoms with E-state index in [1.54, 1.807) is 12.4 Å². The standard InChI is InChI=1S/C21H17N3O2/c1-14-9-11-22-13-19(14)18-4-3-10-23-21(18)25-17-7-5-16(6-8-17)20-12-15(2)24-26-20/h3-13H,1-2H3. The molecule has 0 fully saturated rings. The minimum Gasteiger partial charge on any atom is -0.438 e. The van der Waals surface area contributed by atoms with E-state index in [0.29, 0.717) is 11.6 Å². The number of hydrogen-bond donors (Lipinski definition) is 0. The maximum absolute atomic E-state index is 6.03. The van der Waals surface area contributed by atoms with E-state index in [-0.39, 0.29) is 0 Å². The molecule has 1 aromatic carbocycles. The maximum Gasteiger partial charge on any atom is 0.227 e. The molecule has 128 valence electrons. The van der Waals surface area contributed by atoms with Crippen LogP contribution in [0.5, 0.6) is 11.6 Å². The van der Waals surface area contributed by atoms with E-state index in [0.717, 1.165) is 33.7 Å². The molecule has 0 N–H and O–H groups in total. The molecule has 0 spiro atoms. The zero-order valence-electron chi connectivity index (χ0n) is 14.5. The Hall–Kier alpha value is -3.47. The van der Waals surface area contributed by atoms with Gasteiger partial charge in [-0.2, -0.15) is 0 Å². The van der Waals surface area contributed by atoms with Crippen molar-refractivity contribution < 1.29 is 9.26 Å². The third kappa shape index (κ3) is 3.19. The fraction of sp³-hybridized carbons (Fsp3) is 0.0952. The molecule has 0 aliphatic heterocycles. The summed E-state index contributed by atoms with van der Waals surface area (Å²) >= 11 is 0. The van der Waals surface area contributed by atoms with Crippen LogP contribution in [0.1, 0.15) is 11.3 Å². The first-order chi connectivity index (χ1) is 12.7. The summed E-state index contributed by atoms with van der Waals surface area (Å²) in [6, 6.07) is 15.4. The molecule has 5 heteroatoms. The molecular formula is C21H17N3O2. The molecule has 0 unspecified atom stereocenters. The summed E-state index contributed by atoms with van der Waals surface area (Å²) < 4.78 is 11.3. The molecule has 0 amide bonds. The van der Waals surface area contributed by atoms with Crippen LogP contribution in [0.3, 0.4) is 0 Å². The highest BCUT2D eigenvalue weighted by atomic mass is 16.5. The Balaban J connectivity index is 1.63. The van der Waals surface area contributed by atoms with Gasteiger partial charge in [-0.3, -0.25) is 4.98 Å². The van der Waals surface area contributed by atoms with Crippen LogP contribution in [0.15, 0.2) is 71.6 Å². The van der Waals surface area contributed by atoms with Crippen molar-refractivity contribution in [3.63, 3.8) is 0 Å². The Labute approximate surface area is 151 Å². The van der Waals surface area contributed by atoms with Gasteiger partial charge in [-0.15, -0.1) is 0 Å². The molecule has 0 radical (unpaired) electrons. The van der Waals surface area contributed by atoms with Crippen LogP contribution in [-0.4, -0.2) is 15.1 Å². The van der Waals surface area contributed by atoms with Gasteiger partial charge in [0.25, 0.3) is 0 Å². The average Bonchev–Trinajstić information content (AvgIpc) is 3.10. The molecule has 4 rings (SSSR count). The van der Waals surface area contributed by atoms with Crippen molar-refractivity contribution in [2.45, 2.75) is 13.8 Å². The first-order valence-corrected chi connectivity index (χ1v) is 8.28. The predicted molar refractivity (Wildman–Crippen MR) is 99.0 cm³/mol. The summed E-state index contributed by atoms with van der Waals surface area (Å²) in [6.45, 7) is 3.94. The SMILES string of the molecule is Cc1cc(-c2ccc(Oc3ncccc3-c3cnccc3C)cc2)on1. The molecule has 4 aromatic rings. The zero-order valence-corrected chi connectivity index (χ0v) is 14.5. The zero-order chi connectivity index (χ0) is 17.9. The molecule has 0 aliphatic rings. The lowest BCUT2D eigenvalue weighted by atomic mass is 10.0. The van der Waals surface area contributed by atoms with Crippen molar-refractivity contribution in [2.24, 2.45) is 0 Å². The van der Waals surface area contributed by atoms with Crippen molar-refractivity contribution in [2.75, 3.05) is 0 Å². The number of aromatic nitrogens is 3. The van der Waals surface area contributed by atoms with Crippen molar-refractivity contribution in [3.05, 3.63) is 78.4 Å². The van der Waals surface area contributed by atoms with Gasteiger partial charge in [0.15, 0.2) is 5.76 Å². The van der Waals surface area contributed by atoms with Crippen LogP contribution in [-0.2, 0) is 0 Å². The van der Waals surface area contributed by atoms with Crippen LogP contribution < -0.4 is 4.74 Å². The molecule has 0 saturated heterocycles. The Bertz CT molecular complexity index is 1040. The van der Waals surface area contributed by atoms with Crippen molar-refractivity contribution in [1.29, 1.82) is 0 Å². The summed E-state index contributed by atoms with van der Waals surface area (Å²) in [6.07, 6.45) is 5.32. The second kappa shape index (κ2) is 6.80. The Morgan fingerprint density at radius 3 is 2.50 bits per heavy atom. The summed E-state index contributed by atoms with van der Waals surface area (Å²) in [5.41, 5.74) is 4.83. The molecular weight excluding hydrogens is 326 g/mol. The molecule has 0 bridgehead atoms. The molecule has 0 saturated carbocycles. The van der Waals surface area contributed by atoms with Crippen LogP contribution in [0.4, 0.5) is 0 Å². The predicted octanol–water partition coefficient (Wildman–Crippen LogP) is 5.21.